The molecule has 0 atom stereocenters. The van der Waals surface area contributed by atoms with Gasteiger partial charge in [-0.2, -0.15) is 0 Å². The van der Waals surface area contributed by atoms with Gasteiger partial charge in [-0.05, 0) is 19.3 Å². The Hall–Kier alpha value is -1.30. The normalized spacial score (nSPS) is 11.2. The van der Waals surface area contributed by atoms with Crippen LogP contribution in [-0.4, -0.2) is 26.3 Å². The van der Waals surface area contributed by atoms with Gasteiger partial charge >= 0.3 is 5.97 Å². The van der Waals surface area contributed by atoms with E-state index in [-0.39, 0.29) is 0 Å². The van der Waals surface area contributed by atoms with Gasteiger partial charge in [0.25, 0.3) is 0 Å². The molecule has 0 saturated heterocycles. The number of hydrogen-bond acceptors (Lipinski definition) is 4. The fourth-order valence-electron chi connectivity index (χ4n) is 1.85. The molecule has 5 nitrogen and oxygen atoms in total. The molecule has 6 heteroatoms. The summed E-state index contributed by atoms with van der Waals surface area (Å²) in [6, 6.07) is 0. The highest BCUT2D eigenvalue weighted by atomic mass is 32.1. The molecule has 106 valence electrons. The lowest BCUT2D eigenvalue weighted by Gasteiger charge is -1.99. The average molecular weight is 283 g/mol. The largest absolute Gasteiger partial charge is 0.478 e. The number of thiol groups is 1. The van der Waals surface area contributed by atoms with E-state index >= 15 is 0 Å². The van der Waals surface area contributed by atoms with Crippen LogP contribution in [0.25, 0.3) is 0 Å². The fraction of sp³-hybridized carbons (Fsp3) is 0.615. The van der Waals surface area contributed by atoms with Crippen LogP contribution in [0.1, 0.15) is 50.8 Å². The fourth-order valence-corrected chi connectivity index (χ4v) is 2.02. The number of aryl methyl sites for hydroxylation is 1. The van der Waals surface area contributed by atoms with E-state index in [1.165, 1.54) is 25.3 Å². The van der Waals surface area contributed by atoms with Crippen LogP contribution in [0.4, 0.5) is 0 Å². The molecule has 0 spiro atoms. The standard InChI is InChI=1S/C13H21N3O2S/c17-12(18)10-8-6-4-2-1-3-5-7-9-11-14-13(19)16-15-11/h8,10H,1-7,9H2,(H,17,18)(H2,14,15,16,19). The Morgan fingerprint density at radius 1 is 1.16 bits per heavy atom. The Balaban J connectivity index is 1.87. The lowest BCUT2D eigenvalue weighted by atomic mass is 10.1. The lowest BCUT2D eigenvalue weighted by molar-refractivity contribution is -0.131. The second kappa shape index (κ2) is 9.61. The van der Waals surface area contributed by atoms with Crippen LogP contribution < -0.4 is 0 Å². The number of aromatic nitrogens is 3. The Morgan fingerprint density at radius 3 is 2.47 bits per heavy atom. The summed E-state index contributed by atoms with van der Waals surface area (Å²) >= 11 is 4.07. The summed E-state index contributed by atoms with van der Waals surface area (Å²) in [5.74, 6) is 0.0422. The highest BCUT2D eigenvalue weighted by Gasteiger charge is 1.98. The first-order valence-electron chi connectivity index (χ1n) is 6.68. The molecule has 0 amide bonds. The smallest absolute Gasteiger partial charge is 0.327 e. The molecule has 0 aliphatic heterocycles. The first kappa shape index (κ1) is 15.8. The molecule has 0 unspecified atom stereocenters. The number of unbranched alkanes of at least 4 members (excludes halogenated alkanes) is 6. The Kier molecular flexibility index (Phi) is 7.97. The summed E-state index contributed by atoms with van der Waals surface area (Å²) in [7, 11) is 0. The predicted octanol–water partition coefficient (Wildman–Crippen LogP) is 3.01. The Morgan fingerprint density at radius 2 is 1.84 bits per heavy atom. The molecule has 0 fully saturated rings. The van der Waals surface area contributed by atoms with Crippen LogP contribution in [-0.2, 0) is 11.2 Å². The maximum atomic E-state index is 10.2. The van der Waals surface area contributed by atoms with Gasteiger partial charge in [0.1, 0.15) is 5.82 Å². The molecule has 1 rings (SSSR count). The zero-order chi connectivity index (χ0) is 13.9. The van der Waals surface area contributed by atoms with Crippen LogP contribution in [0.15, 0.2) is 17.3 Å². The first-order chi connectivity index (χ1) is 9.18. The zero-order valence-corrected chi connectivity index (χ0v) is 11.9. The van der Waals surface area contributed by atoms with E-state index in [4.69, 9.17) is 5.11 Å². The van der Waals surface area contributed by atoms with E-state index in [0.29, 0.717) is 5.16 Å². The van der Waals surface area contributed by atoms with E-state index in [0.717, 1.165) is 37.9 Å². The van der Waals surface area contributed by atoms with Crippen molar-refractivity contribution in [1.29, 1.82) is 0 Å². The molecule has 0 bridgehead atoms. The van der Waals surface area contributed by atoms with Gasteiger partial charge in [-0.1, -0.05) is 31.8 Å². The SMILES string of the molecule is O=C(O)C=CCCCCCCCCc1nnc(S)[nH]1. The minimum absolute atomic E-state index is 0.574. The lowest BCUT2D eigenvalue weighted by Crippen LogP contribution is -1.89. The number of aromatic amines is 1. The third-order valence-electron chi connectivity index (χ3n) is 2.82. The monoisotopic (exact) mass is 283 g/mol. The van der Waals surface area contributed by atoms with E-state index in [1.807, 2.05) is 0 Å². The molecule has 0 radical (unpaired) electrons. The van der Waals surface area contributed by atoms with Gasteiger partial charge in [0.2, 0.25) is 0 Å². The van der Waals surface area contributed by atoms with E-state index < -0.39 is 5.97 Å². The average Bonchev–Trinajstić information content (AvgIpc) is 2.77. The highest BCUT2D eigenvalue weighted by molar-refractivity contribution is 7.80. The van der Waals surface area contributed by atoms with Gasteiger partial charge in [-0.3, -0.25) is 0 Å². The van der Waals surface area contributed by atoms with Crippen LogP contribution >= 0.6 is 12.6 Å². The third kappa shape index (κ3) is 8.42. The minimum Gasteiger partial charge on any atom is -0.478 e. The summed E-state index contributed by atoms with van der Waals surface area (Å²) in [6.07, 6.45) is 11.7. The molecule has 1 aromatic rings. The highest BCUT2D eigenvalue weighted by Crippen LogP contribution is 2.09. The predicted molar refractivity (Wildman–Crippen MR) is 76.4 cm³/mol. The van der Waals surface area contributed by atoms with Crippen molar-refractivity contribution in [3.8, 4) is 0 Å². The maximum Gasteiger partial charge on any atom is 0.327 e. The van der Waals surface area contributed by atoms with Crippen molar-refractivity contribution in [2.45, 2.75) is 56.5 Å². The molecular weight excluding hydrogens is 262 g/mol. The zero-order valence-electron chi connectivity index (χ0n) is 11.0. The quantitative estimate of drug-likeness (QED) is 0.350. The van der Waals surface area contributed by atoms with Gasteiger partial charge in [0, 0.05) is 12.5 Å². The third-order valence-corrected chi connectivity index (χ3v) is 3.02. The number of carboxylic acids is 1. The van der Waals surface area contributed by atoms with E-state index in [1.54, 1.807) is 6.08 Å². The number of allylic oxidation sites excluding steroid dienone is 1. The summed E-state index contributed by atoms with van der Waals surface area (Å²) in [5.41, 5.74) is 0. The molecule has 0 aliphatic carbocycles. The van der Waals surface area contributed by atoms with Crippen molar-refractivity contribution < 1.29 is 9.90 Å². The number of carbonyl (C=O) groups is 1. The van der Waals surface area contributed by atoms with Gasteiger partial charge in [-0.15, -0.1) is 22.8 Å². The Labute approximate surface area is 118 Å². The minimum atomic E-state index is -0.864. The van der Waals surface area contributed by atoms with Gasteiger partial charge in [0.05, 0.1) is 0 Å². The van der Waals surface area contributed by atoms with Crippen molar-refractivity contribution in [3.05, 3.63) is 18.0 Å². The molecular formula is C13H21N3O2S. The van der Waals surface area contributed by atoms with Crippen molar-refractivity contribution in [2.75, 3.05) is 0 Å². The number of H-pyrrole nitrogens is 1. The molecule has 0 aromatic carbocycles. The van der Waals surface area contributed by atoms with Crippen LogP contribution in [0, 0.1) is 0 Å². The molecule has 1 heterocycles. The van der Waals surface area contributed by atoms with Crippen molar-refractivity contribution in [3.63, 3.8) is 0 Å². The number of nitrogens with zero attached hydrogens (tertiary/aromatic N) is 2. The molecule has 19 heavy (non-hydrogen) atoms. The number of rotatable bonds is 10. The number of aliphatic carboxylic acids is 1. The Bertz CT molecular complexity index is 404. The summed E-state index contributed by atoms with van der Waals surface area (Å²) in [6.45, 7) is 0. The van der Waals surface area contributed by atoms with Gasteiger partial charge in [0.15, 0.2) is 5.16 Å². The van der Waals surface area contributed by atoms with Crippen molar-refractivity contribution in [2.24, 2.45) is 0 Å². The number of nitrogens with one attached hydrogen (secondary N) is 1. The first-order valence-corrected chi connectivity index (χ1v) is 7.13. The number of hydrogen-bond donors (Lipinski definition) is 3. The molecule has 1 aromatic heterocycles. The summed E-state index contributed by atoms with van der Waals surface area (Å²) in [4.78, 5) is 13.2. The maximum absolute atomic E-state index is 10.2. The van der Waals surface area contributed by atoms with Crippen molar-refractivity contribution in [1.82, 2.24) is 15.2 Å². The summed E-state index contributed by atoms with van der Waals surface area (Å²) in [5, 5.41) is 16.7. The molecule has 2 N–H and O–H groups in total. The second-order valence-corrected chi connectivity index (χ2v) is 4.92. The second-order valence-electron chi connectivity index (χ2n) is 4.50. The van der Waals surface area contributed by atoms with Gasteiger partial charge < -0.3 is 10.1 Å². The van der Waals surface area contributed by atoms with Crippen molar-refractivity contribution >= 4 is 18.6 Å². The topological polar surface area (TPSA) is 78.9 Å². The van der Waals surface area contributed by atoms with Crippen LogP contribution in [0.3, 0.4) is 0 Å². The molecule has 0 saturated carbocycles. The van der Waals surface area contributed by atoms with E-state index in [9.17, 15) is 4.79 Å². The number of carboxylic acid groups (broad SMARTS) is 1. The van der Waals surface area contributed by atoms with E-state index in [2.05, 4.69) is 27.8 Å². The summed E-state index contributed by atoms with van der Waals surface area (Å²) < 4.78 is 0. The van der Waals surface area contributed by atoms with Crippen LogP contribution in [0.5, 0.6) is 0 Å². The van der Waals surface area contributed by atoms with Gasteiger partial charge in [-0.25, -0.2) is 4.79 Å². The molecule has 0 aliphatic rings. The van der Waals surface area contributed by atoms with Crippen LogP contribution in [0.2, 0.25) is 0 Å².